The maximum absolute atomic E-state index is 10.6. The van der Waals surface area contributed by atoms with Crippen molar-refractivity contribution in [1.29, 1.82) is 0 Å². The molecule has 2 atom stereocenters. The molecule has 0 spiro atoms. The minimum absolute atomic E-state index is 0.227. The third kappa shape index (κ3) is 11.2. The highest BCUT2D eigenvalue weighted by atomic mass is 32.2. The predicted octanol–water partition coefficient (Wildman–Crippen LogP) is 9.34. The van der Waals surface area contributed by atoms with Gasteiger partial charge in [-0.15, -0.1) is 23.6 Å². The van der Waals surface area contributed by atoms with Gasteiger partial charge >= 0.3 is 0 Å². The minimum Gasteiger partial charge on any atom is -0.508 e. The van der Waals surface area contributed by atoms with Crippen LogP contribution in [0.5, 0.6) is 11.5 Å². The number of unbranched alkanes of at least 4 members (excludes halogenated alkanes) is 10. The Morgan fingerprint density at radius 1 is 0.600 bits per heavy atom. The van der Waals surface area contributed by atoms with Crippen LogP contribution in [-0.4, -0.2) is 10.2 Å². The molecule has 188 valence electrons. The van der Waals surface area contributed by atoms with Crippen molar-refractivity contribution in [2.75, 3.05) is 0 Å². The molecule has 2 N–H and O–H groups in total. The number of rotatable bonds is 14. The van der Waals surface area contributed by atoms with E-state index in [1.54, 1.807) is 23.9 Å². The molecule has 0 radical (unpaired) electrons. The van der Waals surface area contributed by atoms with Gasteiger partial charge in [-0.1, -0.05) is 113 Å². The first-order valence-electron chi connectivity index (χ1n) is 13.3. The first-order valence-corrected chi connectivity index (χ1v) is 14.3. The molecule has 2 rings (SSSR count). The van der Waals surface area contributed by atoms with Crippen LogP contribution in [0.15, 0.2) is 48.5 Å². The number of aromatic hydroxyl groups is 2. The number of benzene rings is 2. The molecule has 0 aromatic heterocycles. The molecule has 0 aliphatic heterocycles. The van der Waals surface area contributed by atoms with E-state index in [4.69, 9.17) is 0 Å². The van der Waals surface area contributed by atoms with E-state index >= 15 is 0 Å². The van der Waals surface area contributed by atoms with E-state index < -0.39 is 0 Å². The standard InChI is InChI=1S/C32H42O2S/c1-3-5-7-9-11-13-15-25-31(27-21-17-19-23-29(27)33)35-32(28-22-18-20-24-30(28)34)26-16-14-12-10-8-6-4-2/h17-24,31-34H,3-14H2,1-2H3. The normalized spacial score (nSPS) is 12.2. The van der Waals surface area contributed by atoms with Crippen LogP contribution < -0.4 is 0 Å². The topological polar surface area (TPSA) is 40.5 Å². The average molecular weight is 491 g/mol. The lowest BCUT2D eigenvalue weighted by molar-refractivity contribution is 0.469. The Morgan fingerprint density at radius 2 is 1.00 bits per heavy atom. The molecular formula is C32H42O2S. The lowest BCUT2D eigenvalue weighted by Gasteiger charge is -2.18. The van der Waals surface area contributed by atoms with Crippen LogP contribution in [0.25, 0.3) is 0 Å². The van der Waals surface area contributed by atoms with Crippen molar-refractivity contribution in [3.8, 4) is 35.2 Å². The molecule has 0 heterocycles. The Morgan fingerprint density at radius 3 is 1.40 bits per heavy atom. The summed E-state index contributed by atoms with van der Waals surface area (Å²) in [6.45, 7) is 4.45. The zero-order valence-corrected chi connectivity index (χ0v) is 22.4. The van der Waals surface area contributed by atoms with Crippen LogP contribution in [0.3, 0.4) is 0 Å². The average Bonchev–Trinajstić information content (AvgIpc) is 2.86. The number of phenolic OH excluding ortho intramolecular Hbond substituents is 2. The van der Waals surface area contributed by atoms with E-state index in [-0.39, 0.29) is 22.0 Å². The van der Waals surface area contributed by atoms with Gasteiger partial charge in [0, 0.05) is 24.0 Å². The van der Waals surface area contributed by atoms with Crippen LogP contribution in [-0.2, 0) is 0 Å². The van der Waals surface area contributed by atoms with Gasteiger partial charge in [0.1, 0.15) is 11.5 Å². The van der Waals surface area contributed by atoms with Gasteiger partial charge in [-0.05, 0) is 25.0 Å². The molecule has 0 saturated heterocycles. The van der Waals surface area contributed by atoms with Gasteiger partial charge in [-0.2, -0.15) is 0 Å². The first-order chi connectivity index (χ1) is 17.2. The van der Waals surface area contributed by atoms with Crippen molar-refractivity contribution < 1.29 is 10.2 Å². The Kier molecular flexibility index (Phi) is 14.7. The van der Waals surface area contributed by atoms with Crippen LogP contribution in [0.1, 0.15) is 113 Å². The Balaban J connectivity index is 2.20. The highest BCUT2D eigenvalue weighted by molar-refractivity contribution is 8.00. The zero-order chi connectivity index (χ0) is 25.1. The van der Waals surface area contributed by atoms with Crippen LogP contribution >= 0.6 is 11.8 Å². The molecule has 0 saturated carbocycles. The summed E-state index contributed by atoms with van der Waals surface area (Å²) in [5, 5.41) is 20.7. The smallest absolute Gasteiger partial charge is 0.120 e. The molecule has 2 aromatic rings. The summed E-state index contributed by atoms with van der Waals surface area (Å²) in [4.78, 5) is 0. The van der Waals surface area contributed by atoms with Crippen molar-refractivity contribution in [2.24, 2.45) is 0 Å². The van der Waals surface area contributed by atoms with Gasteiger partial charge in [-0.25, -0.2) is 0 Å². The fraction of sp³-hybridized carbons (Fsp3) is 0.500. The second-order valence-electron chi connectivity index (χ2n) is 8.98. The van der Waals surface area contributed by atoms with E-state index in [9.17, 15) is 10.2 Å². The quantitative estimate of drug-likeness (QED) is 0.205. The van der Waals surface area contributed by atoms with Gasteiger partial charge < -0.3 is 10.2 Å². The lowest BCUT2D eigenvalue weighted by Crippen LogP contribution is -1.99. The Bertz CT molecular complexity index is 897. The fourth-order valence-corrected chi connectivity index (χ4v) is 5.16. The van der Waals surface area contributed by atoms with Crippen molar-refractivity contribution in [1.82, 2.24) is 0 Å². The van der Waals surface area contributed by atoms with Crippen molar-refractivity contribution in [3.05, 3.63) is 59.7 Å². The van der Waals surface area contributed by atoms with Crippen molar-refractivity contribution in [2.45, 2.75) is 101 Å². The SMILES string of the molecule is CCCCCCCC#CC(SC(C#CCCCCCCC)c1ccccc1O)c1ccccc1O. The summed E-state index contributed by atoms with van der Waals surface area (Å²) >= 11 is 1.60. The van der Waals surface area contributed by atoms with Crippen molar-refractivity contribution in [3.63, 3.8) is 0 Å². The molecule has 0 aliphatic rings. The first kappa shape index (κ1) is 28.7. The predicted molar refractivity (Wildman–Crippen MR) is 152 cm³/mol. The molecular weight excluding hydrogens is 448 g/mol. The van der Waals surface area contributed by atoms with E-state index in [2.05, 4.69) is 37.5 Å². The summed E-state index contributed by atoms with van der Waals surface area (Å²) < 4.78 is 0. The molecule has 0 aliphatic carbocycles. The van der Waals surface area contributed by atoms with Crippen LogP contribution in [0.2, 0.25) is 0 Å². The highest BCUT2D eigenvalue weighted by Crippen LogP contribution is 2.44. The maximum atomic E-state index is 10.6. The molecule has 2 nitrogen and oxygen atoms in total. The molecule has 2 aromatic carbocycles. The number of para-hydroxylation sites is 2. The van der Waals surface area contributed by atoms with Crippen LogP contribution in [0.4, 0.5) is 0 Å². The number of thioether (sulfide) groups is 1. The zero-order valence-electron chi connectivity index (χ0n) is 21.6. The monoisotopic (exact) mass is 490 g/mol. The maximum Gasteiger partial charge on any atom is 0.120 e. The number of hydrogen-bond donors (Lipinski definition) is 2. The molecule has 0 fully saturated rings. The highest BCUT2D eigenvalue weighted by Gasteiger charge is 2.21. The molecule has 3 heteroatoms. The third-order valence-electron chi connectivity index (χ3n) is 5.99. The third-order valence-corrected chi connectivity index (χ3v) is 7.28. The summed E-state index contributed by atoms with van der Waals surface area (Å²) in [7, 11) is 0. The second-order valence-corrected chi connectivity index (χ2v) is 10.2. The van der Waals surface area contributed by atoms with Gasteiger partial charge in [0.25, 0.3) is 0 Å². The van der Waals surface area contributed by atoms with E-state index in [1.165, 1.54) is 51.4 Å². The molecule has 0 amide bonds. The summed E-state index contributed by atoms with van der Waals surface area (Å²) in [5.74, 6) is 14.1. The molecule has 0 bridgehead atoms. The fourth-order valence-electron chi connectivity index (χ4n) is 3.89. The van der Waals surface area contributed by atoms with Gasteiger partial charge in [0.05, 0.1) is 10.5 Å². The molecule has 35 heavy (non-hydrogen) atoms. The van der Waals surface area contributed by atoms with Crippen molar-refractivity contribution >= 4 is 11.8 Å². The number of phenols is 2. The Hall–Kier alpha value is -2.49. The van der Waals surface area contributed by atoms with E-state index in [0.29, 0.717) is 0 Å². The summed E-state index contributed by atoms with van der Waals surface area (Å²) in [5.41, 5.74) is 1.61. The van der Waals surface area contributed by atoms with E-state index in [1.807, 2.05) is 36.4 Å². The lowest BCUT2D eigenvalue weighted by atomic mass is 10.1. The second kappa shape index (κ2) is 17.9. The van der Waals surface area contributed by atoms with Gasteiger partial charge in [0.2, 0.25) is 0 Å². The van der Waals surface area contributed by atoms with Gasteiger partial charge in [0.15, 0.2) is 0 Å². The largest absolute Gasteiger partial charge is 0.508 e. The minimum atomic E-state index is -0.227. The Labute approximate surface area is 217 Å². The van der Waals surface area contributed by atoms with Gasteiger partial charge in [-0.3, -0.25) is 0 Å². The number of hydrogen-bond acceptors (Lipinski definition) is 3. The summed E-state index contributed by atoms with van der Waals surface area (Å²) in [6, 6.07) is 14.8. The molecule has 2 unspecified atom stereocenters. The van der Waals surface area contributed by atoms with Crippen LogP contribution in [0, 0.1) is 23.7 Å². The van der Waals surface area contributed by atoms with E-state index in [0.717, 1.165) is 36.8 Å². The summed E-state index contributed by atoms with van der Waals surface area (Å²) in [6.07, 6.45) is 13.9.